The number of carbonyl (C=O) groups is 2. The first-order valence-corrected chi connectivity index (χ1v) is 11.9. The smallest absolute Gasteiger partial charge is 0.270 e. The minimum absolute atomic E-state index is 0.0426. The molecular formula is C26H28ClN3O2S. The Labute approximate surface area is 205 Å². The minimum Gasteiger partial charge on any atom is -0.366 e. The van der Waals surface area contributed by atoms with Gasteiger partial charge in [-0.2, -0.15) is 0 Å². The van der Waals surface area contributed by atoms with E-state index >= 15 is 0 Å². The van der Waals surface area contributed by atoms with Gasteiger partial charge < -0.3 is 4.90 Å². The molecule has 2 heterocycles. The van der Waals surface area contributed by atoms with E-state index in [2.05, 4.69) is 50.0 Å². The Balaban J connectivity index is 1.78. The van der Waals surface area contributed by atoms with Crippen LogP contribution in [0, 0.1) is 6.92 Å². The molecule has 5 nitrogen and oxygen atoms in total. The summed E-state index contributed by atoms with van der Waals surface area (Å²) >= 11 is 11.4. The van der Waals surface area contributed by atoms with Crippen LogP contribution in [-0.4, -0.2) is 29.0 Å². The summed E-state index contributed by atoms with van der Waals surface area (Å²) in [4.78, 5) is 29.9. The molecule has 1 saturated heterocycles. The van der Waals surface area contributed by atoms with E-state index < -0.39 is 11.8 Å². The molecule has 0 saturated carbocycles. The molecule has 7 heteroatoms. The van der Waals surface area contributed by atoms with Gasteiger partial charge in [0.2, 0.25) is 0 Å². The number of fused-ring (bicyclic) bond motifs is 1. The van der Waals surface area contributed by atoms with E-state index in [1.54, 1.807) is 30.3 Å². The van der Waals surface area contributed by atoms with Crippen LogP contribution in [0.25, 0.3) is 6.08 Å². The highest BCUT2D eigenvalue weighted by atomic mass is 35.5. The molecule has 0 radical (unpaired) electrons. The topological polar surface area (TPSA) is 52.7 Å². The Morgan fingerprint density at radius 3 is 2.64 bits per heavy atom. The van der Waals surface area contributed by atoms with Crippen molar-refractivity contribution in [3.8, 4) is 0 Å². The van der Waals surface area contributed by atoms with Crippen LogP contribution in [0.4, 0.5) is 11.4 Å². The lowest BCUT2D eigenvalue weighted by molar-refractivity contribution is -0.122. The van der Waals surface area contributed by atoms with E-state index in [4.69, 9.17) is 23.8 Å². The number of anilines is 2. The van der Waals surface area contributed by atoms with E-state index in [9.17, 15) is 9.59 Å². The van der Waals surface area contributed by atoms with Crippen molar-refractivity contribution in [2.24, 2.45) is 0 Å². The van der Waals surface area contributed by atoms with Gasteiger partial charge in [-0.25, -0.2) is 0 Å². The van der Waals surface area contributed by atoms with Crippen molar-refractivity contribution < 1.29 is 9.59 Å². The molecule has 1 atom stereocenters. The van der Waals surface area contributed by atoms with Crippen LogP contribution >= 0.6 is 23.8 Å². The highest BCUT2D eigenvalue weighted by Crippen LogP contribution is 2.44. The molecule has 0 aliphatic carbocycles. The lowest BCUT2D eigenvalue weighted by atomic mass is 9.79. The van der Waals surface area contributed by atoms with Gasteiger partial charge >= 0.3 is 0 Å². The van der Waals surface area contributed by atoms with Gasteiger partial charge in [-0.15, -0.1) is 0 Å². The SMILES string of the molecule is CCN1c2cc(C)c(/C=C3/C(=O)NC(=S)N(c4cccc(Cl)c4)C3=O)cc2C(C)CC1(C)C. The highest BCUT2D eigenvalue weighted by molar-refractivity contribution is 7.80. The van der Waals surface area contributed by atoms with Crippen LogP contribution < -0.4 is 15.1 Å². The predicted octanol–water partition coefficient (Wildman–Crippen LogP) is 5.59. The van der Waals surface area contributed by atoms with E-state index in [1.807, 2.05) is 6.92 Å². The first-order chi connectivity index (χ1) is 15.5. The number of thiocarbonyl (C=S) groups is 1. The third kappa shape index (κ3) is 4.18. The summed E-state index contributed by atoms with van der Waals surface area (Å²) in [6, 6.07) is 11.1. The summed E-state index contributed by atoms with van der Waals surface area (Å²) in [6.45, 7) is 11.9. The summed E-state index contributed by atoms with van der Waals surface area (Å²) in [5.74, 6) is -0.598. The molecule has 1 N–H and O–H groups in total. The maximum atomic E-state index is 13.4. The van der Waals surface area contributed by atoms with Crippen molar-refractivity contribution in [2.75, 3.05) is 16.3 Å². The Kier molecular flexibility index (Phi) is 6.10. The van der Waals surface area contributed by atoms with Gasteiger partial charge in [0.1, 0.15) is 5.57 Å². The van der Waals surface area contributed by atoms with Gasteiger partial charge in [-0.1, -0.05) is 24.6 Å². The number of hydrogen-bond acceptors (Lipinski definition) is 4. The predicted molar refractivity (Wildman–Crippen MR) is 139 cm³/mol. The summed E-state index contributed by atoms with van der Waals surface area (Å²) in [5, 5.41) is 3.17. The van der Waals surface area contributed by atoms with Crippen molar-refractivity contribution in [1.29, 1.82) is 0 Å². The van der Waals surface area contributed by atoms with E-state index in [0.717, 1.165) is 24.1 Å². The van der Waals surface area contributed by atoms with E-state index in [-0.39, 0.29) is 16.2 Å². The summed E-state index contributed by atoms with van der Waals surface area (Å²) in [5.41, 5.74) is 4.95. The Morgan fingerprint density at radius 1 is 1.24 bits per heavy atom. The van der Waals surface area contributed by atoms with Crippen molar-refractivity contribution in [2.45, 2.75) is 52.5 Å². The van der Waals surface area contributed by atoms with E-state index in [1.165, 1.54) is 16.2 Å². The second-order valence-electron chi connectivity index (χ2n) is 9.37. The second kappa shape index (κ2) is 8.58. The molecule has 1 unspecified atom stereocenters. The van der Waals surface area contributed by atoms with Crippen LogP contribution in [0.1, 0.15) is 56.7 Å². The molecule has 172 valence electrons. The first kappa shape index (κ1) is 23.5. The molecule has 4 rings (SSSR count). The van der Waals surface area contributed by atoms with Crippen LogP contribution in [0.3, 0.4) is 0 Å². The standard InChI is InChI=1S/C26H28ClN3O2S/c1-6-29-22-10-15(2)17(11-20(22)16(3)14-26(29,4)5)12-21-23(31)28-25(33)30(24(21)32)19-9-7-8-18(27)13-19/h7-13,16H,6,14H2,1-5H3,(H,28,31,33)/b21-12-. The van der Waals surface area contributed by atoms with Crippen LogP contribution in [0.2, 0.25) is 5.02 Å². The molecule has 2 amide bonds. The van der Waals surface area contributed by atoms with Crippen LogP contribution in [0.5, 0.6) is 0 Å². The fourth-order valence-electron chi connectivity index (χ4n) is 5.07. The molecule has 0 bridgehead atoms. The van der Waals surface area contributed by atoms with Crippen LogP contribution in [0.15, 0.2) is 42.0 Å². The Bertz CT molecular complexity index is 1200. The quantitative estimate of drug-likeness (QED) is 0.352. The molecular weight excluding hydrogens is 454 g/mol. The van der Waals surface area contributed by atoms with Crippen molar-refractivity contribution in [1.82, 2.24) is 5.32 Å². The summed E-state index contributed by atoms with van der Waals surface area (Å²) in [7, 11) is 0. The Hall–Kier alpha value is -2.70. The van der Waals surface area contributed by atoms with Gasteiger partial charge in [-0.05, 0) is 105 Å². The van der Waals surface area contributed by atoms with E-state index in [0.29, 0.717) is 16.6 Å². The molecule has 2 aromatic rings. The number of nitrogens with one attached hydrogen (secondary N) is 1. The monoisotopic (exact) mass is 481 g/mol. The average Bonchev–Trinajstić information content (AvgIpc) is 2.71. The summed E-state index contributed by atoms with van der Waals surface area (Å²) in [6.07, 6.45) is 2.71. The zero-order chi connectivity index (χ0) is 24.1. The molecule has 33 heavy (non-hydrogen) atoms. The number of rotatable bonds is 3. The van der Waals surface area contributed by atoms with Gasteiger partial charge in [-0.3, -0.25) is 19.8 Å². The van der Waals surface area contributed by atoms with Crippen LogP contribution in [-0.2, 0) is 9.59 Å². The number of nitrogens with zero attached hydrogens (tertiary/aromatic N) is 2. The largest absolute Gasteiger partial charge is 0.366 e. The molecule has 2 aliphatic heterocycles. The maximum absolute atomic E-state index is 13.4. The summed E-state index contributed by atoms with van der Waals surface area (Å²) < 4.78 is 0. The first-order valence-electron chi connectivity index (χ1n) is 11.1. The number of aryl methyl sites for hydroxylation is 1. The molecule has 0 spiro atoms. The van der Waals surface area contributed by atoms with Crippen molar-refractivity contribution >= 4 is 58.2 Å². The zero-order valence-electron chi connectivity index (χ0n) is 19.5. The number of benzene rings is 2. The maximum Gasteiger partial charge on any atom is 0.270 e. The van der Waals surface area contributed by atoms with Crippen molar-refractivity contribution in [3.05, 3.63) is 63.7 Å². The third-order valence-corrected chi connectivity index (χ3v) is 7.08. The number of hydrogen-bond donors (Lipinski definition) is 1. The van der Waals surface area contributed by atoms with Gasteiger partial charge in [0, 0.05) is 22.8 Å². The minimum atomic E-state index is -0.496. The van der Waals surface area contributed by atoms with Crippen molar-refractivity contribution in [3.63, 3.8) is 0 Å². The lowest BCUT2D eigenvalue weighted by Crippen LogP contribution is -2.54. The highest BCUT2D eigenvalue weighted by Gasteiger charge is 2.37. The Morgan fingerprint density at radius 2 is 1.97 bits per heavy atom. The van der Waals surface area contributed by atoms with Gasteiger partial charge in [0.15, 0.2) is 5.11 Å². The fraction of sp³-hybridized carbons (Fsp3) is 0.346. The molecule has 2 aromatic carbocycles. The average molecular weight is 482 g/mol. The van der Waals surface area contributed by atoms with Gasteiger partial charge in [0.05, 0.1) is 5.69 Å². The second-order valence-corrected chi connectivity index (χ2v) is 10.2. The molecule has 1 fully saturated rings. The number of carbonyl (C=O) groups excluding carboxylic acids is 2. The zero-order valence-corrected chi connectivity index (χ0v) is 21.1. The normalized spacial score (nSPS) is 21.3. The lowest BCUT2D eigenvalue weighted by Gasteiger charge is -2.47. The fourth-order valence-corrected chi connectivity index (χ4v) is 5.53. The van der Waals surface area contributed by atoms with Gasteiger partial charge in [0.25, 0.3) is 11.8 Å². The third-order valence-electron chi connectivity index (χ3n) is 6.56. The molecule has 0 aromatic heterocycles. The number of halogens is 1. The number of amides is 2. The molecule has 2 aliphatic rings.